The highest BCUT2D eigenvalue weighted by molar-refractivity contribution is 9.10. The zero-order chi connectivity index (χ0) is 14.9. The summed E-state index contributed by atoms with van der Waals surface area (Å²) < 4.78 is 0.547. The lowest BCUT2D eigenvalue weighted by Gasteiger charge is -2.22. The van der Waals surface area contributed by atoms with Gasteiger partial charge in [-0.15, -0.1) is 0 Å². The number of carbonyl (C=O) groups excluding carboxylic acids is 2. The van der Waals surface area contributed by atoms with Crippen LogP contribution in [0.5, 0.6) is 5.75 Å². The Morgan fingerprint density at radius 2 is 2.15 bits per heavy atom. The van der Waals surface area contributed by atoms with Crippen molar-refractivity contribution in [2.45, 2.75) is 13.3 Å². The first-order valence-electron chi connectivity index (χ1n) is 6.37. The highest BCUT2D eigenvalue weighted by atomic mass is 79.9. The molecule has 1 saturated heterocycles. The number of aromatic hydroxyl groups is 1. The van der Waals surface area contributed by atoms with E-state index in [1.54, 1.807) is 24.1 Å². The Balaban J connectivity index is 2.15. The highest BCUT2D eigenvalue weighted by Gasteiger charge is 2.41. The lowest BCUT2D eigenvalue weighted by molar-refractivity contribution is -0.128. The molecule has 0 saturated carbocycles. The number of amides is 2. The van der Waals surface area contributed by atoms with Gasteiger partial charge in [-0.05, 0) is 47.5 Å². The first kappa shape index (κ1) is 14.8. The monoisotopic (exact) mass is 340 g/mol. The third-order valence-corrected chi connectivity index (χ3v) is 4.40. The van der Waals surface area contributed by atoms with Gasteiger partial charge in [0.1, 0.15) is 5.75 Å². The molecule has 5 nitrogen and oxygen atoms in total. The summed E-state index contributed by atoms with van der Waals surface area (Å²) in [6.45, 7) is 2.79. The number of nitrogens with zero attached hydrogens (tertiary/aromatic N) is 1. The van der Waals surface area contributed by atoms with Crippen LogP contribution in [0, 0.1) is 5.41 Å². The van der Waals surface area contributed by atoms with Gasteiger partial charge < -0.3 is 15.3 Å². The fourth-order valence-corrected chi connectivity index (χ4v) is 2.70. The predicted octanol–water partition coefficient (Wildman–Crippen LogP) is 1.75. The summed E-state index contributed by atoms with van der Waals surface area (Å²) in [7, 11) is 1.60. The Morgan fingerprint density at radius 3 is 2.75 bits per heavy atom. The Morgan fingerprint density at radius 1 is 1.45 bits per heavy atom. The molecular formula is C14H17BrN2O3. The molecule has 0 spiro atoms. The van der Waals surface area contributed by atoms with Gasteiger partial charge >= 0.3 is 0 Å². The van der Waals surface area contributed by atoms with E-state index in [1.807, 2.05) is 6.92 Å². The molecule has 2 N–H and O–H groups in total. The van der Waals surface area contributed by atoms with Crippen molar-refractivity contribution in [3.05, 3.63) is 28.2 Å². The van der Waals surface area contributed by atoms with Crippen molar-refractivity contribution in [3.63, 3.8) is 0 Å². The van der Waals surface area contributed by atoms with Crippen LogP contribution < -0.4 is 5.32 Å². The number of rotatable bonds is 2. The molecule has 0 bridgehead atoms. The van der Waals surface area contributed by atoms with E-state index < -0.39 is 5.41 Å². The van der Waals surface area contributed by atoms with Gasteiger partial charge in [-0.1, -0.05) is 0 Å². The number of halogens is 1. The van der Waals surface area contributed by atoms with Gasteiger partial charge in [0.2, 0.25) is 5.91 Å². The Bertz CT molecular complexity index is 561. The van der Waals surface area contributed by atoms with E-state index >= 15 is 0 Å². The molecule has 1 aliphatic heterocycles. The van der Waals surface area contributed by atoms with Crippen LogP contribution in [0.15, 0.2) is 22.7 Å². The summed E-state index contributed by atoms with van der Waals surface area (Å²) in [6, 6.07) is 4.72. The van der Waals surface area contributed by atoms with E-state index in [0.717, 1.165) is 0 Å². The van der Waals surface area contributed by atoms with Crippen LogP contribution in [0.25, 0.3) is 0 Å². The fourth-order valence-electron chi connectivity index (χ4n) is 2.45. The van der Waals surface area contributed by atoms with Crippen LogP contribution in [0.4, 0.5) is 0 Å². The van der Waals surface area contributed by atoms with Crippen LogP contribution in [-0.2, 0) is 4.79 Å². The summed E-state index contributed by atoms with van der Waals surface area (Å²) in [4.78, 5) is 25.9. The number of phenolic OH excluding ortho intramolecular Hbond substituents is 1. The zero-order valence-corrected chi connectivity index (χ0v) is 13.0. The number of hydrogen-bond donors (Lipinski definition) is 2. The highest BCUT2D eigenvalue weighted by Crippen LogP contribution is 2.32. The maximum Gasteiger partial charge on any atom is 0.254 e. The maximum absolute atomic E-state index is 12.4. The minimum absolute atomic E-state index is 0.0316. The minimum atomic E-state index is -0.540. The van der Waals surface area contributed by atoms with E-state index in [2.05, 4.69) is 21.2 Å². The van der Waals surface area contributed by atoms with Crippen molar-refractivity contribution < 1.29 is 14.7 Å². The van der Waals surface area contributed by atoms with Gasteiger partial charge in [-0.25, -0.2) is 0 Å². The molecule has 1 heterocycles. The molecule has 2 amide bonds. The molecule has 108 valence electrons. The lowest BCUT2D eigenvalue weighted by atomic mass is 9.89. The summed E-state index contributed by atoms with van der Waals surface area (Å²) in [6.07, 6.45) is 0.640. The number of phenols is 1. The third kappa shape index (κ3) is 2.65. The lowest BCUT2D eigenvalue weighted by Crippen LogP contribution is -2.40. The SMILES string of the molecule is CNC(=O)C1(C)CCN(C(=O)c2ccc(Br)c(O)c2)C1. The number of benzene rings is 1. The normalized spacial score (nSPS) is 21.9. The molecule has 1 unspecified atom stereocenters. The van der Waals surface area contributed by atoms with E-state index in [-0.39, 0.29) is 17.6 Å². The van der Waals surface area contributed by atoms with Gasteiger partial charge in [0, 0.05) is 25.7 Å². The van der Waals surface area contributed by atoms with Crippen molar-refractivity contribution in [1.29, 1.82) is 0 Å². The second-order valence-corrected chi connectivity index (χ2v) is 6.14. The molecular weight excluding hydrogens is 324 g/mol. The fraction of sp³-hybridized carbons (Fsp3) is 0.429. The Kier molecular flexibility index (Phi) is 4.04. The van der Waals surface area contributed by atoms with Crippen LogP contribution in [-0.4, -0.2) is 42.0 Å². The Labute approximate surface area is 126 Å². The summed E-state index contributed by atoms with van der Waals surface area (Å²) in [5.41, 5.74) is -0.117. The second-order valence-electron chi connectivity index (χ2n) is 5.28. The largest absolute Gasteiger partial charge is 0.507 e. The average Bonchev–Trinajstić information content (AvgIpc) is 2.84. The quantitative estimate of drug-likeness (QED) is 0.861. The molecule has 20 heavy (non-hydrogen) atoms. The molecule has 1 aromatic carbocycles. The second kappa shape index (κ2) is 5.44. The number of hydrogen-bond acceptors (Lipinski definition) is 3. The minimum Gasteiger partial charge on any atom is -0.507 e. The van der Waals surface area contributed by atoms with Crippen LogP contribution in [0.1, 0.15) is 23.7 Å². The van der Waals surface area contributed by atoms with Crippen molar-refractivity contribution in [3.8, 4) is 5.75 Å². The van der Waals surface area contributed by atoms with Gasteiger partial charge in [0.05, 0.1) is 9.89 Å². The number of likely N-dealkylation sites (tertiary alicyclic amines) is 1. The van der Waals surface area contributed by atoms with Crippen LogP contribution in [0.3, 0.4) is 0 Å². The summed E-state index contributed by atoms with van der Waals surface area (Å²) >= 11 is 3.18. The first-order valence-corrected chi connectivity index (χ1v) is 7.17. The summed E-state index contributed by atoms with van der Waals surface area (Å²) in [5, 5.41) is 12.3. The smallest absolute Gasteiger partial charge is 0.254 e. The van der Waals surface area contributed by atoms with Crippen molar-refractivity contribution in [1.82, 2.24) is 10.2 Å². The first-order chi connectivity index (χ1) is 9.37. The van der Waals surface area contributed by atoms with Gasteiger partial charge in [0.25, 0.3) is 5.91 Å². The zero-order valence-electron chi connectivity index (χ0n) is 11.4. The third-order valence-electron chi connectivity index (χ3n) is 3.73. The number of nitrogens with one attached hydrogen (secondary N) is 1. The molecule has 0 aromatic heterocycles. The molecule has 0 aliphatic carbocycles. The Hall–Kier alpha value is -1.56. The molecule has 1 atom stereocenters. The average molecular weight is 341 g/mol. The molecule has 1 fully saturated rings. The van der Waals surface area contributed by atoms with E-state index in [0.29, 0.717) is 29.5 Å². The topological polar surface area (TPSA) is 69.6 Å². The van der Waals surface area contributed by atoms with Gasteiger partial charge in [-0.2, -0.15) is 0 Å². The van der Waals surface area contributed by atoms with Gasteiger partial charge in [-0.3, -0.25) is 9.59 Å². The van der Waals surface area contributed by atoms with Crippen molar-refractivity contribution in [2.24, 2.45) is 5.41 Å². The molecule has 1 aliphatic rings. The standard InChI is InChI=1S/C14H17BrN2O3/c1-14(13(20)16-2)5-6-17(8-14)12(19)9-3-4-10(15)11(18)7-9/h3-4,7,18H,5-6,8H2,1-2H3,(H,16,20). The van der Waals surface area contributed by atoms with E-state index in [4.69, 9.17) is 0 Å². The molecule has 1 aromatic rings. The van der Waals surface area contributed by atoms with Crippen molar-refractivity contribution in [2.75, 3.05) is 20.1 Å². The molecule has 0 radical (unpaired) electrons. The van der Waals surface area contributed by atoms with Crippen LogP contribution in [0.2, 0.25) is 0 Å². The van der Waals surface area contributed by atoms with E-state index in [1.165, 1.54) is 6.07 Å². The summed E-state index contributed by atoms with van der Waals surface area (Å²) in [5.74, 6) is -0.184. The maximum atomic E-state index is 12.4. The number of carbonyl (C=O) groups is 2. The van der Waals surface area contributed by atoms with Crippen LogP contribution >= 0.6 is 15.9 Å². The molecule has 2 rings (SSSR count). The molecule has 6 heteroatoms. The van der Waals surface area contributed by atoms with Gasteiger partial charge in [0.15, 0.2) is 0 Å². The van der Waals surface area contributed by atoms with Crippen molar-refractivity contribution >= 4 is 27.7 Å². The predicted molar refractivity (Wildman–Crippen MR) is 78.5 cm³/mol. The van der Waals surface area contributed by atoms with E-state index in [9.17, 15) is 14.7 Å².